The molecule has 0 fully saturated rings. The zero-order valence-corrected chi connectivity index (χ0v) is 15.8. The Morgan fingerprint density at radius 1 is 0.962 bits per heavy atom. The Bertz CT molecular complexity index is 905. The third kappa shape index (κ3) is 3.48. The number of hydrogen-bond acceptors (Lipinski definition) is 2. The van der Waals surface area contributed by atoms with Crippen molar-refractivity contribution in [2.75, 3.05) is 6.54 Å². The molecule has 0 amide bonds. The maximum absolute atomic E-state index is 10.3. The number of aromatic nitrogens is 1. The molecule has 4 rings (SSSR count). The molecule has 1 atom stereocenters. The molecule has 0 saturated carbocycles. The molecule has 1 N–H and O–H groups in total. The molecule has 3 aromatic rings. The molecule has 3 nitrogen and oxygen atoms in total. The topological polar surface area (TPSA) is 28.4 Å². The summed E-state index contributed by atoms with van der Waals surface area (Å²) in [5.74, 6) is 0.281. The van der Waals surface area contributed by atoms with Gasteiger partial charge in [-0.2, -0.15) is 0 Å². The number of hydrogen-bond donors (Lipinski definition) is 1. The van der Waals surface area contributed by atoms with E-state index in [0.717, 1.165) is 30.1 Å². The molecule has 1 aliphatic rings. The molecule has 0 saturated heterocycles. The van der Waals surface area contributed by atoms with Gasteiger partial charge < -0.3 is 9.67 Å². The first-order valence-electron chi connectivity index (χ1n) is 8.74. The van der Waals surface area contributed by atoms with Crippen LogP contribution in [0.4, 0.5) is 0 Å². The van der Waals surface area contributed by atoms with Crippen molar-refractivity contribution in [1.29, 1.82) is 0 Å². The van der Waals surface area contributed by atoms with Crippen LogP contribution in [0.1, 0.15) is 29.3 Å². The Hall–Kier alpha value is -1.94. The second-order valence-electron chi connectivity index (χ2n) is 6.68. The number of phenols is 1. The number of aryl methyl sites for hydroxylation is 1. The summed E-state index contributed by atoms with van der Waals surface area (Å²) in [6, 6.07) is 17.6. The van der Waals surface area contributed by atoms with E-state index in [1.165, 1.54) is 11.3 Å². The molecule has 5 heteroatoms. The number of halogens is 2. The van der Waals surface area contributed by atoms with Crippen LogP contribution in [0.15, 0.2) is 60.8 Å². The molecular weight excluding hydrogens is 367 g/mol. The van der Waals surface area contributed by atoms with Gasteiger partial charge in [-0.3, -0.25) is 4.90 Å². The van der Waals surface area contributed by atoms with E-state index in [9.17, 15) is 5.11 Å². The van der Waals surface area contributed by atoms with Crippen LogP contribution in [0.3, 0.4) is 0 Å². The molecule has 0 bridgehead atoms. The minimum absolute atomic E-state index is 0.100. The molecule has 26 heavy (non-hydrogen) atoms. The van der Waals surface area contributed by atoms with Gasteiger partial charge in [0.2, 0.25) is 0 Å². The Morgan fingerprint density at radius 3 is 2.54 bits per heavy atom. The number of phenolic OH excluding ortho intramolecular Hbond substituents is 1. The van der Waals surface area contributed by atoms with Crippen LogP contribution in [0.2, 0.25) is 10.0 Å². The van der Waals surface area contributed by atoms with E-state index >= 15 is 0 Å². The van der Waals surface area contributed by atoms with Crippen molar-refractivity contribution in [2.24, 2.45) is 0 Å². The molecule has 1 unspecified atom stereocenters. The molecule has 134 valence electrons. The van der Waals surface area contributed by atoms with Gasteiger partial charge in [0.15, 0.2) is 0 Å². The van der Waals surface area contributed by atoms with Gasteiger partial charge in [-0.05, 0) is 54.4 Å². The number of aromatic hydroxyl groups is 1. The summed E-state index contributed by atoms with van der Waals surface area (Å²) in [6.45, 7) is 2.55. The van der Waals surface area contributed by atoms with Crippen molar-refractivity contribution in [3.05, 3.63) is 87.7 Å². The summed E-state index contributed by atoms with van der Waals surface area (Å²) in [5, 5.41) is 11.6. The molecule has 1 aromatic heterocycles. The highest BCUT2D eigenvalue weighted by Crippen LogP contribution is 2.35. The lowest BCUT2D eigenvalue weighted by Gasteiger charge is -2.31. The molecule has 2 aromatic carbocycles. The second kappa shape index (κ2) is 7.36. The van der Waals surface area contributed by atoms with E-state index in [4.69, 9.17) is 23.2 Å². The first-order valence-corrected chi connectivity index (χ1v) is 9.49. The predicted octanol–water partition coefficient (Wildman–Crippen LogP) is 5.50. The van der Waals surface area contributed by atoms with Crippen molar-refractivity contribution in [1.82, 2.24) is 9.47 Å². The second-order valence-corrected chi connectivity index (χ2v) is 7.55. The standard InChI is InChI=1S/C21H20Cl2N2O/c22-17-6-4-15(5-7-17)21-19-3-1-10-24(19)11-2-12-25(21)14-16-13-18(23)8-9-20(16)26/h1,3-10,13,21,26H,2,11-12,14H2. The third-order valence-electron chi connectivity index (χ3n) is 4.96. The zero-order valence-electron chi connectivity index (χ0n) is 14.3. The normalized spacial score (nSPS) is 17.7. The van der Waals surface area contributed by atoms with E-state index in [-0.39, 0.29) is 11.8 Å². The highest BCUT2D eigenvalue weighted by molar-refractivity contribution is 6.30. The third-order valence-corrected chi connectivity index (χ3v) is 5.44. The van der Waals surface area contributed by atoms with Gasteiger partial charge in [-0.1, -0.05) is 35.3 Å². The number of nitrogens with zero attached hydrogens (tertiary/aromatic N) is 2. The Kier molecular flexibility index (Phi) is 4.94. The summed E-state index contributed by atoms with van der Waals surface area (Å²) < 4.78 is 2.32. The van der Waals surface area contributed by atoms with Gasteiger partial charge in [0.05, 0.1) is 6.04 Å². The van der Waals surface area contributed by atoms with Gasteiger partial charge >= 0.3 is 0 Å². The molecular formula is C21H20Cl2N2O. The van der Waals surface area contributed by atoms with Crippen LogP contribution in [0, 0.1) is 0 Å². The van der Waals surface area contributed by atoms with E-state index in [1.807, 2.05) is 18.2 Å². The fraction of sp³-hybridized carbons (Fsp3) is 0.238. The predicted molar refractivity (Wildman–Crippen MR) is 106 cm³/mol. The van der Waals surface area contributed by atoms with E-state index in [1.54, 1.807) is 12.1 Å². The van der Waals surface area contributed by atoms with Crippen LogP contribution in [-0.2, 0) is 13.1 Å². The van der Waals surface area contributed by atoms with E-state index in [2.05, 4.69) is 39.9 Å². The maximum Gasteiger partial charge on any atom is 0.120 e. The van der Waals surface area contributed by atoms with Crippen LogP contribution in [0.25, 0.3) is 0 Å². The summed E-state index contributed by atoms with van der Waals surface area (Å²) in [5.41, 5.74) is 3.29. The Balaban J connectivity index is 1.75. The van der Waals surface area contributed by atoms with Crippen LogP contribution < -0.4 is 0 Å². The molecule has 0 aliphatic carbocycles. The first kappa shape index (κ1) is 17.5. The summed E-state index contributed by atoms with van der Waals surface area (Å²) in [7, 11) is 0. The van der Waals surface area contributed by atoms with Crippen molar-refractivity contribution < 1.29 is 5.11 Å². The number of benzene rings is 2. The monoisotopic (exact) mass is 386 g/mol. The largest absolute Gasteiger partial charge is 0.508 e. The quantitative estimate of drug-likeness (QED) is 0.643. The SMILES string of the molecule is Oc1ccc(Cl)cc1CN1CCCn2cccc2C1c1ccc(Cl)cc1. The smallest absolute Gasteiger partial charge is 0.120 e. The van der Waals surface area contributed by atoms with Gasteiger partial charge in [0.1, 0.15) is 5.75 Å². The Labute approximate surface area is 163 Å². The van der Waals surface area contributed by atoms with Gasteiger partial charge in [-0.25, -0.2) is 0 Å². The highest BCUT2D eigenvalue weighted by atomic mass is 35.5. The maximum atomic E-state index is 10.3. The van der Waals surface area contributed by atoms with Crippen molar-refractivity contribution >= 4 is 23.2 Å². The molecule has 1 aliphatic heterocycles. The van der Waals surface area contributed by atoms with Crippen molar-refractivity contribution in [3.8, 4) is 5.75 Å². The molecule has 0 spiro atoms. The first-order chi connectivity index (χ1) is 12.6. The average molecular weight is 387 g/mol. The lowest BCUT2D eigenvalue weighted by atomic mass is 10.0. The van der Waals surface area contributed by atoms with Crippen LogP contribution >= 0.6 is 23.2 Å². The van der Waals surface area contributed by atoms with Crippen LogP contribution in [-0.4, -0.2) is 21.1 Å². The zero-order chi connectivity index (χ0) is 18.1. The molecule has 2 heterocycles. The summed E-state index contributed by atoms with van der Waals surface area (Å²) in [4.78, 5) is 2.40. The van der Waals surface area contributed by atoms with E-state index < -0.39 is 0 Å². The minimum atomic E-state index is 0.100. The van der Waals surface area contributed by atoms with Crippen molar-refractivity contribution in [2.45, 2.75) is 25.6 Å². The molecule has 0 radical (unpaired) electrons. The number of fused-ring (bicyclic) bond motifs is 1. The fourth-order valence-corrected chi connectivity index (χ4v) is 4.06. The van der Waals surface area contributed by atoms with Gasteiger partial charge in [0.25, 0.3) is 0 Å². The lowest BCUT2D eigenvalue weighted by molar-refractivity contribution is 0.218. The van der Waals surface area contributed by atoms with E-state index in [0.29, 0.717) is 11.6 Å². The number of rotatable bonds is 3. The van der Waals surface area contributed by atoms with Gasteiger partial charge in [0, 0.05) is 47.1 Å². The lowest BCUT2D eigenvalue weighted by Crippen LogP contribution is -2.29. The van der Waals surface area contributed by atoms with Crippen LogP contribution in [0.5, 0.6) is 5.75 Å². The van der Waals surface area contributed by atoms with Crippen molar-refractivity contribution in [3.63, 3.8) is 0 Å². The summed E-state index contributed by atoms with van der Waals surface area (Å²) in [6.07, 6.45) is 3.19. The average Bonchev–Trinajstić information content (AvgIpc) is 3.01. The minimum Gasteiger partial charge on any atom is -0.508 e. The fourth-order valence-electron chi connectivity index (χ4n) is 3.74. The Morgan fingerprint density at radius 2 is 1.73 bits per heavy atom. The van der Waals surface area contributed by atoms with Gasteiger partial charge in [-0.15, -0.1) is 0 Å². The highest BCUT2D eigenvalue weighted by Gasteiger charge is 2.27. The summed E-state index contributed by atoms with van der Waals surface area (Å²) >= 11 is 12.3.